The van der Waals surface area contributed by atoms with E-state index in [1.807, 2.05) is 76.5 Å². The molecule has 0 aliphatic carbocycles. The fourth-order valence-electron chi connectivity index (χ4n) is 4.46. The molecule has 2 N–H and O–H groups in total. The second-order valence-electron chi connectivity index (χ2n) is 9.20. The van der Waals surface area contributed by atoms with Crippen LogP contribution in [-0.2, 0) is 24.3 Å². The maximum Gasteiger partial charge on any atom is 0.226 e. The predicted octanol–water partition coefficient (Wildman–Crippen LogP) is 6.13. The zero-order valence-electron chi connectivity index (χ0n) is 21.4. The lowest BCUT2D eigenvalue weighted by Crippen LogP contribution is -2.25. The van der Waals surface area contributed by atoms with Gasteiger partial charge in [-0.2, -0.15) is 0 Å². The van der Waals surface area contributed by atoms with Gasteiger partial charge in [0, 0.05) is 35.9 Å². The first-order valence-corrected chi connectivity index (χ1v) is 13.7. The van der Waals surface area contributed by atoms with E-state index in [4.69, 9.17) is 9.97 Å². The van der Waals surface area contributed by atoms with Crippen molar-refractivity contribution in [3.05, 3.63) is 125 Å². The molecule has 0 aliphatic rings. The lowest BCUT2D eigenvalue weighted by Gasteiger charge is -2.10. The predicted molar refractivity (Wildman–Crippen MR) is 155 cm³/mol. The lowest BCUT2D eigenvalue weighted by atomic mass is 10.1. The van der Waals surface area contributed by atoms with Crippen LogP contribution in [0.25, 0.3) is 27.6 Å². The van der Waals surface area contributed by atoms with Gasteiger partial charge in [-0.1, -0.05) is 60.7 Å². The zero-order valence-corrected chi connectivity index (χ0v) is 22.2. The number of rotatable bonds is 9. The molecule has 0 spiro atoms. The standard InChI is InChI=1S/C31H25FN6OS/c32-24-13-11-23(12-14-24)28-29(26-15-16-33-30(36-26)35-19-22-9-5-2-6-10-22)38-25(20-40-31(38)37-28)17-27(39)34-18-21-7-3-1-4-8-21/h1-16,20H,17-19H2,(H,34,39)(H,33,35,36). The topological polar surface area (TPSA) is 84.2 Å². The molecule has 40 heavy (non-hydrogen) atoms. The first kappa shape index (κ1) is 25.4. The van der Waals surface area contributed by atoms with E-state index in [9.17, 15) is 9.18 Å². The molecule has 0 atom stereocenters. The summed E-state index contributed by atoms with van der Waals surface area (Å²) in [6.45, 7) is 1.02. The Morgan fingerprint density at radius 2 is 1.55 bits per heavy atom. The van der Waals surface area contributed by atoms with Gasteiger partial charge in [0.2, 0.25) is 11.9 Å². The minimum absolute atomic E-state index is 0.0977. The van der Waals surface area contributed by atoms with Crippen molar-refractivity contribution in [1.29, 1.82) is 0 Å². The number of imidazole rings is 1. The van der Waals surface area contributed by atoms with Gasteiger partial charge in [0.05, 0.1) is 17.8 Å². The molecular weight excluding hydrogens is 523 g/mol. The molecule has 7 nitrogen and oxygen atoms in total. The van der Waals surface area contributed by atoms with E-state index >= 15 is 0 Å². The van der Waals surface area contributed by atoms with Crippen molar-refractivity contribution in [2.45, 2.75) is 19.5 Å². The Bertz CT molecular complexity index is 1750. The Morgan fingerprint density at radius 3 is 2.27 bits per heavy atom. The maximum absolute atomic E-state index is 13.8. The summed E-state index contributed by atoms with van der Waals surface area (Å²) in [6, 6.07) is 27.9. The number of amides is 1. The van der Waals surface area contributed by atoms with Crippen molar-refractivity contribution in [2.75, 3.05) is 5.32 Å². The minimum Gasteiger partial charge on any atom is -0.352 e. The summed E-state index contributed by atoms with van der Waals surface area (Å²) in [5.41, 5.74) is 5.70. The number of hydrogen-bond acceptors (Lipinski definition) is 6. The second kappa shape index (κ2) is 11.5. The van der Waals surface area contributed by atoms with Crippen LogP contribution in [-0.4, -0.2) is 25.3 Å². The van der Waals surface area contributed by atoms with Gasteiger partial charge in [-0.15, -0.1) is 11.3 Å². The molecule has 3 aromatic carbocycles. The molecule has 198 valence electrons. The third-order valence-corrected chi connectivity index (χ3v) is 7.29. The Morgan fingerprint density at radius 1 is 0.850 bits per heavy atom. The van der Waals surface area contributed by atoms with Gasteiger partial charge in [-0.3, -0.25) is 9.20 Å². The molecule has 0 aliphatic heterocycles. The SMILES string of the molecule is O=C(Cc1csc2nc(-c3ccc(F)cc3)c(-c3ccnc(NCc4ccccc4)n3)n12)NCc1ccccc1. The molecule has 9 heteroatoms. The number of benzene rings is 3. The monoisotopic (exact) mass is 548 g/mol. The van der Waals surface area contributed by atoms with Gasteiger partial charge in [0.25, 0.3) is 0 Å². The Kier molecular flexibility index (Phi) is 7.28. The van der Waals surface area contributed by atoms with E-state index in [1.54, 1.807) is 18.3 Å². The molecule has 1 amide bonds. The van der Waals surface area contributed by atoms with E-state index < -0.39 is 0 Å². The summed E-state index contributed by atoms with van der Waals surface area (Å²) in [6.07, 6.45) is 1.87. The molecule has 0 radical (unpaired) electrons. The van der Waals surface area contributed by atoms with Gasteiger partial charge in [-0.05, 0) is 41.5 Å². The maximum atomic E-state index is 13.8. The number of halogens is 1. The van der Waals surface area contributed by atoms with Crippen LogP contribution < -0.4 is 10.6 Å². The van der Waals surface area contributed by atoms with E-state index in [-0.39, 0.29) is 18.1 Å². The van der Waals surface area contributed by atoms with E-state index in [2.05, 4.69) is 15.6 Å². The lowest BCUT2D eigenvalue weighted by molar-refractivity contribution is -0.120. The van der Waals surface area contributed by atoms with Crippen LogP contribution in [0.5, 0.6) is 0 Å². The highest BCUT2D eigenvalue weighted by Crippen LogP contribution is 2.35. The number of anilines is 1. The average Bonchev–Trinajstić information content (AvgIpc) is 3.56. The molecule has 6 rings (SSSR count). The first-order chi connectivity index (χ1) is 19.6. The number of aromatic nitrogens is 4. The van der Waals surface area contributed by atoms with Crippen molar-refractivity contribution in [1.82, 2.24) is 24.7 Å². The Balaban J connectivity index is 1.35. The average molecular weight is 549 g/mol. The normalized spacial score (nSPS) is 11.0. The molecule has 0 saturated carbocycles. The van der Waals surface area contributed by atoms with Crippen LogP contribution in [0.3, 0.4) is 0 Å². The Labute approximate surface area is 234 Å². The van der Waals surface area contributed by atoms with Crippen molar-refractivity contribution >= 4 is 28.2 Å². The zero-order chi connectivity index (χ0) is 27.3. The van der Waals surface area contributed by atoms with Crippen molar-refractivity contribution in [3.8, 4) is 22.6 Å². The molecule has 3 heterocycles. The van der Waals surface area contributed by atoms with Crippen molar-refractivity contribution in [2.24, 2.45) is 0 Å². The highest BCUT2D eigenvalue weighted by atomic mass is 32.1. The van der Waals surface area contributed by atoms with Gasteiger partial charge >= 0.3 is 0 Å². The van der Waals surface area contributed by atoms with E-state index in [0.29, 0.717) is 30.4 Å². The molecule has 0 unspecified atom stereocenters. The number of thiazole rings is 1. The number of nitrogens with zero attached hydrogens (tertiary/aromatic N) is 4. The Hall–Kier alpha value is -4.89. The number of hydrogen-bond donors (Lipinski definition) is 2. The largest absolute Gasteiger partial charge is 0.352 e. The minimum atomic E-state index is -0.323. The van der Waals surface area contributed by atoms with E-state index in [1.165, 1.54) is 23.5 Å². The van der Waals surface area contributed by atoms with Crippen LogP contribution in [0.15, 0.2) is 103 Å². The van der Waals surface area contributed by atoms with Crippen LogP contribution in [0.2, 0.25) is 0 Å². The molecule has 0 saturated heterocycles. The molecular formula is C31H25FN6OS. The highest BCUT2D eigenvalue weighted by Gasteiger charge is 2.22. The molecule has 0 bridgehead atoms. The number of carbonyl (C=O) groups excluding carboxylic acids is 1. The first-order valence-electron chi connectivity index (χ1n) is 12.8. The molecule has 3 aromatic heterocycles. The van der Waals surface area contributed by atoms with Crippen LogP contribution >= 0.6 is 11.3 Å². The van der Waals surface area contributed by atoms with E-state index in [0.717, 1.165) is 33.0 Å². The van der Waals surface area contributed by atoms with Crippen molar-refractivity contribution < 1.29 is 9.18 Å². The summed E-state index contributed by atoms with van der Waals surface area (Å²) in [7, 11) is 0. The number of nitrogens with one attached hydrogen (secondary N) is 2. The van der Waals surface area contributed by atoms with Crippen LogP contribution in [0, 0.1) is 5.82 Å². The van der Waals surface area contributed by atoms with Gasteiger partial charge < -0.3 is 10.6 Å². The fourth-order valence-corrected chi connectivity index (χ4v) is 5.35. The smallest absolute Gasteiger partial charge is 0.226 e. The third-order valence-electron chi connectivity index (χ3n) is 6.42. The van der Waals surface area contributed by atoms with Crippen molar-refractivity contribution in [3.63, 3.8) is 0 Å². The molecule has 0 fully saturated rings. The fraction of sp³-hybridized carbons (Fsp3) is 0.0968. The quantitative estimate of drug-likeness (QED) is 0.227. The molecule has 6 aromatic rings. The summed E-state index contributed by atoms with van der Waals surface area (Å²) in [5.74, 6) is 0.0507. The summed E-state index contributed by atoms with van der Waals surface area (Å²) < 4.78 is 15.7. The van der Waals surface area contributed by atoms with Crippen LogP contribution in [0.1, 0.15) is 16.8 Å². The summed E-state index contributed by atoms with van der Waals surface area (Å²) >= 11 is 1.45. The third kappa shape index (κ3) is 5.60. The van der Waals surface area contributed by atoms with Gasteiger partial charge in [0.1, 0.15) is 11.5 Å². The summed E-state index contributed by atoms with van der Waals surface area (Å²) in [5, 5.41) is 8.23. The number of fused-ring (bicyclic) bond motifs is 1. The van der Waals surface area contributed by atoms with Crippen LogP contribution in [0.4, 0.5) is 10.3 Å². The highest BCUT2D eigenvalue weighted by molar-refractivity contribution is 7.15. The second-order valence-corrected chi connectivity index (χ2v) is 10.0. The summed E-state index contributed by atoms with van der Waals surface area (Å²) in [4.78, 5) is 27.8. The van der Waals surface area contributed by atoms with Gasteiger partial charge in [0.15, 0.2) is 4.96 Å². The number of carbonyl (C=O) groups is 1. The van der Waals surface area contributed by atoms with Gasteiger partial charge in [-0.25, -0.2) is 19.3 Å².